The van der Waals surface area contributed by atoms with Gasteiger partial charge in [0.05, 0.1) is 35.7 Å². The van der Waals surface area contributed by atoms with Crippen LogP contribution in [0, 0.1) is 6.92 Å². The van der Waals surface area contributed by atoms with Gasteiger partial charge in [-0.1, -0.05) is 54.1 Å². The Labute approximate surface area is 262 Å². The number of aromatic nitrogens is 3. The number of fused-ring (bicyclic) bond motifs is 1. The molecule has 0 spiro atoms. The predicted molar refractivity (Wildman–Crippen MR) is 176 cm³/mol. The molecule has 10 heteroatoms. The minimum atomic E-state index is -0.302. The van der Waals surface area contributed by atoms with Gasteiger partial charge < -0.3 is 25.2 Å². The van der Waals surface area contributed by atoms with Crippen LogP contribution in [0.2, 0.25) is 0 Å². The van der Waals surface area contributed by atoms with Crippen LogP contribution in [0.5, 0.6) is 5.75 Å². The molecule has 10 nitrogen and oxygen atoms in total. The molecule has 0 radical (unpaired) electrons. The van der Waals surface area contributed by atoms with E-state index >= 15 is 0 Å². The van der Waals surface area contributed by atoms with Crippen LogP contribution in [0.15, 0.2) is 91.3 Å². The molecular weight excluding hydrogens is 566 g/mol. The van der Waals surface area contributed by atoms with E-state index in [2.05, 4.69) is 26.6 Å². The molecule has 0 unspecified atom stereocenters. The van der Waals surface area contributed by atoms with E-state index in [0.717, 1.165) is 39.2 Å². The number of rotatable bonds is 8. The molecule has 0 aliphatic carbocycles. The number of anilines is 1. The summed E-state index contributed by atoms with van der Waals surface area (Å²) >= 11 is 0. The van der Waals surface area contributed by atoms with Gasteiger partial charge in [-0.25, -0.2) is 9.78 Å². The van der Waals surface area contributed by atoms with E-state index in [0.29, 0.717) is 37.8 Å². The van der Waals surface area contributed by atoms with E-state index in [4.69, 9.17) is 9.72 Å². The Balaban J connectivity index is 1.33. The van der Waals surface area contributed by atoms with E-state index in [1.54, 1.807) is 13.2 Å². The second-order valence-corrected chi connectivity index (χ2v) is 11.1. The van der Waals surface area contributed by atoms with Crippen LogP contribution < -0.4 is 20.3 Å². The molecule has 6 rings (SSSR count). The third-order valence-corrected chi connectivity index (χ3v) is 8.05. The fourth-order valence-corrected chi connectivity index (χ4v) is 5.69. The molecule has 1 aliphatic heterocycles. The largest absolute Gasteiger partial charge is 0.494 e. The van der Waals surface area contributed by atoms with Gasteiger partial charge in [0.1, 0.15) is 17.3 Å². The first-order chi connectivity index (χ1) is 21.9. The zero-order valence-electron chi connectivity index (χ0n) is 25.7. The molecule has 1 atom stereocenters. The predicted octanol–water partition coefficient (Wildman–Crippen LogP) is 5.05. The zero-order chi connectivity index (χ0) is 31.3. The molecule has 5 aromatic rings. The fourth-order valence-electron chi connectivity index (χ4n) is 5.69. The summed E-state index contributed by atoms with van der Waals surface area (Å²) in [5.41, 5.74) is 5.11. The summed E-state index contributed by atoms with van der Waals surface area (Å²) in [5, 5.41) is 6.56. The van der Waals surface area contributed by atoms with Gasteiger partial charge in [-0.15, -0.1) is 0 Å². The maximum absolute atomic E-state index is 14.3. The average Bonchev–Trinajstić information content (AvgIpc) is 3.53. The van der Waals surface area contributed by atoms with Gasteiger partial charge in [0, 0.05) is 56.4 Å². The van der Waals surface area contributed by atoms with Crippen LogP contribution in [0.4, 0.5) is 10.5 Å². The standard InChI is InChI=1S/C35H37N7O3/c1-4-45-30-10-7-9-27(19-30)42-23-32(39-33(42)25-14-12-24(2)13-15-25)34(43)41-17-16-40(22-29(41)21-38-35(44)36-3)28-18-26-8-5-6-11-31(26)37-20-28/h5-15,18-20,23,29H,4,16-17,21-22H2,1-3H3,(H2,36,38,44)/t29-/m0/s1. The summed E-state index contributed by atoms with van der Waals surface area (Å²) in [6.45, 7) is 6.42. The highest BCUT2D eigenvalue weighted by molar-refractivity contribution is 5.93. The van der Waals surface area contributed by atoms with Crippen molar-refractivity contribution in [1.82, 2.24) is 30.1 Å². The lowest BCUT2D eigenvalue weighted by Crippen LogP contribution is -2.59. The number of benzene rings is 3. The molecular formula is C35H37N7O3. The summed E-state index contributed by atoms with van der Waals surface area (Å²) in [4.78, 5) is 40.0. The molecule has 0 bridgehead atoms. The lowest BCUT2D eigenvalue weighted by molar-refractivity contribution is 0.0651. The number of pyridine rings is 1. The van der Waals surface area contributed by atoms with Crippen molar-refractivity contribution in [3.63, 3.8) is 0 Å². The van der Waals surface area contributed by atoms with Gasteiger partial charge >= 0.3 is 6.03 Å². The van der Waals surface area contributed by atoms with Crippen LogP contribution in [0.3, 0.4) is 0 Å². The number of nitrogens with one attached hydrogen (secondary N) is 2. The summed E-state index contributed by atoms with van der Waals surface area (Å²) in [6, 6.07) is 25.4. The summed E-state index contributed by atoms with van der Waals surface area (Å²) in [7, 11) is 1.58. The Kier molecular flexibility index (Phi) is 8.63. The van der Waals surface area contributed by atoms with Crippen molar-refractivity contribution >= 4 is 28.5 Å². The Bertz CT molecular complexity index is 1820. The molecule has 45 heavy (non-hydrogen) atoms. The van der Waals surface area contributed by atoms with E-state index in [1.807, 2.05) is 102 Å². The van der Waals surface area contributed by atoms with Gasteiger partial charge in [-0.2, -0.15) is 0 Å². The molecule has 1 fully saturated rings. The van der Waals surface area contributed by atoms with Crippen molar-refractivity contribution in [3.8, 4) is 22.8 Å². The van der Waals surface area contributed by atoms with Crippen molar-refractivity contribution in [3.05, 3.63) is 103 Å². The number of piperazine rings is 1. The van der Waals surface area contributed by atoms with Crippen molar-refractivity contribution in [2.45, 2.75) is 19.9 Å². The van der Waals surface area contributed by atoms with E-state index < -0.39 is 0 Å². The lowest BCUT2D eigenvalue weighted by Gasteiger charge is -2.42. The Morgan fingerprint density at radius 2 is 1.80 bits per heavy atom. The van der Waals surface area contributed by atoms with Gasteiger partial charge in [-0.05, 0) is 38.1 Å². The number of aryl methyl sites for hydroxylation is 1. The van der Waals surface area contributed by atoms with Crippen LogP contribution in [-0.4, -0.2) is 77.2 Å². The molecule has 230 valence electrons. The van der Waals surface area contributed by atoms with Crippen LogP contribution in [0.25, 0.3) is 28.0 Å². The van der Waals surface area contributed by atoms with Crippen molar-refractivity contribution in [1.29, 1.82) is 0 Å². The van der Waals surface area contributed by atoms with Gasteiger partial charge in [0.25, 0.3) is 5.91 Å². The smallest absolute Gasteiger partial charge is 0.314 e. The Morgan fingerprint density at radius 3 is 2.60 bits per heavy atom. The maximum Gasteiger partial charge on any atom is 0.314 e. The number of imidazole rings is 1. The topological polar surface area (TPSA) is 105 Å². The quantitative estimate of drug-likeness (QED) is 0.257. The minimum Gasteiger partial charge on any atom is -0.494 e. The first-order valence-electron chi connectivity index (χ1n) is 15.2. The van der Waals surface area contributed by atoms with E-state index in [9.17, 15) is 9.59 Å². The Morgan fingerprint density at radius 1 is 0.978 bits per heavy atom. The number of carbonyl (C=O) groups is 2. The van der Waals surface area contributed by atoms with Gasteiger partial charge in [0.2, 0.25) is 0 Å². The number of amides is 3. The van der Waals surface area contributed by atoms with E-state index in [-0.39, 0.29) is 24.5 Å². The molecule has 1 aliphatic rings. The van der Waals surface area contributed by atoms with Gasteiger partial charge in [0.15, 0.2) is 0 Å². The number of hydrogen-bond acceptors (Lipinski definition) is 6. The summed E-state index contributed by atoms with van der Waals surface area (Å²) < 4.78 is 7.70. The summed E-state index contributed by atoms with van der Waals surface area (Å²) in [5.74, 6) is 1.21. The number of ether oxygens (including phenoxy) is 1. The fraction of sp³-hybridized carbons (Fsp3) is 0.257. The highest BCUT2D eigenvalue weighted by Crippen LogP contribution is 2.28. The van der Waals surface area contributed by atoms with Crippen molar-refractivity contribution in [2.75, 3.05) is 44.7 Å². The maximum atomic E-state index is 14.3. The number of carbonyl (C=O) groups excluding carboxylic acids is 2. The van der Waals surface area contributed by atoms with Crippen molar-refractivity contribution < 1.29 is 14.3 Å². The number of nitrogens with zero attached hydrogens (tertiary/aromatic N) is 5. The molecule has 3 heterocycles. The first-order valence-corrected chi connectivity index (χ1v) is 15.2. The monoisotopic (exact) mass is 603 g/mol. The zero-order valence-corrected chi connectivity index (χ0v) is 25.7. The number of para-hydroxylation sites is 1. The second kappa shape index (κ2) is 13.1. The molecule has 2 N–H and O–H groups in total. The molecule has 3 amide bonds. The molecule has 1 saturated heterocycles. The van der Waals surface area contributed by atoms with Gasteiger partial charge in [-0.3, -0.25) is 14.3 Å². The van der Waals surface area contributed by atoms with Crippen LogP contribution in [0.1, 0.15) is 23.0 Å². The Hall–Kier alpha value is -5.38. The molecule has 2 aromatic heterocycles. The minimum absolute atomic E-state index is 0.192. The molecule has 3 aromatic carbocycles. The SMILES string of the molecule is CCOc1cccc(-n2cc(C(=O)N3CCN(c4cnc5ccccc5c4)C[C@@H]3CNC(=O)NC)nc2-c2ccc(C)cc2)c1. The van der Waals surface area contributed by atoms with E-state index in [1.165, 1.54) is 0 Å². The first kappa shape index (κ1) is 29.7. The highest BCUT2D eigenvalue weighted by Gasteiger charge is 2.33. The van der Waals surface area contributed by atoms with Crippen LogP contribution in [-0.2, 0) is 0 Å². The van der Waals surface area contributed by atoms with Crippen molar-refractivity contribution in [2.24, 2.45) is 0 Å². The normalized spacial score (nSPS) is 14.8. The second-order valence-electron chi connectivity index (χ2n) is 11.1. The number of hydrogen-bond donors (Lipinski definition) is 2. The summed E-state index contributed by atoms with van der Waals surface area (Å²) in [6.07, 6.45) is 3.67. The van der Waals surface area contributed by atoms with Crippen LogP contribution >= 0.6 is 0 Å². The third-order valence-electron chi connectivity index (χ3n) is 8.05. The average molecular weight is 604 g/mol. The third kappa shape index (κ3) is 6.45. The highest BCUT2D eigenvalue weighted by atomic mass is 16.5. The lowest BCUT2D eigenvalue weighted by atomic mass is 10.1. The molecule has 0 saturated carbocycles. The number of urea groups is 1.